The number of carboxylic acid groups (broad SMARTS) is 1. The third kappa shape index (κ3) is 2.61. The van der Waals surface area contributed by atoms with Crippen LogP contribution in [-0.4, -0.2) is 17.6 Å². The number of nitrogens with one attached hydrogen (secondary N) is 1. The van der Waals surface area contributed by atoms with E-state index in [1.807, 2.05) is 6.07 Å². The summed E-state index contributed by atoms with van der Waals surface area (Å²) in [5.74, 6) is -0.921. The van der Waals surface area contributed by atoms with Crippen LogP contribution in [0.1, 0.15) is 0 Å². The van der Waals surface area contributed by atoms with E-state index in [-0.39, 0.29) is 0 Å². The third-order valence-electron chi connectivity index (χ3n) is 2.14. The molecule has 0 unspecified atom stereocenters. The van der Waals surface area contributed by atoms with Gasteiger partial charge in [-0.3, -0.25) is 0 Å². The molecule has 1 heterocycles. The van der Waals surface area contributed by atoms with Crippen LogP contribution in [0.4, 0.5) is 5.69 Å². The molecule has 0 atom stereocenters. The summed E-state index contributed by atoms with van der Waals surface area (Å²) in [6.45, 7) is 0.516. The summed E-state index contributed by atoms with van der Waals surface area (Å²) in [5, 5.41) is 14.8. The molecule has 0 spiro atoms. The lowest BCUT2D eigenvalue weighted by Gasteiger charge is -2.02. The number of thiophene rings is 1. The van der Waals surface area contributed by atoms with Crippen molar-refractivity contribution in [2.45, 2.75) is 0 Å². The molecule has 0 aliphatic heterocycles. The predicted octanol–water partition coefficient (Wildman–Crippen LogP) is 2.95. The Morgan fingerprint density at radius 3 is 3.12 bits per heavy atom. The Labute approximate surface area is 97.0 Å². The standard InChI is InChI=1S/C12H11NO2S/c14-12(15)2-1-6-13-10-3-4-11-9(8-10)5-7-16-11/h1-5,7-8,13H,6H2,(H,14,15)/b2-1+. The predicted molar refractivity (Wildman–Crippen MR) is 67.1 cm³/mol. The van der Waals surface area contributed by atoms with Crippen LogP contribution >= 0.6 is 11.3 Å². The van der Waals surface area contributed by atoms with Gasteiger partial charge in [-0.05, 0) is 35.0 Å². The number of carbonyl (C=O) groups is 1. The van der Waals surface area contributed by atoms with Crippen molar-refractivity contribution in [1.29, 1.82) is 0 Å². The monoisotopic (exact) mass is 233 g/mol. The maximum absolute atomic E-state index is 10.2. The van der Waals surface area contributed by atoms with Gasteiger partial charge in [-0.25, -0.2) is 4.79 Å². The highest BCUT2D eigenvalue weighted by atomic mass is 32.1. The van der Waals surface area contributed by atoms with Crippen LogP contribution in [-0.2, 0) is 4.79 Å². The van der Waals surface area contributed by atoms with Crippen LogP contribution in [0.25, 0.3) is 10.1 Å². The SMILES string of the molecule is O=C(O)/C=C/CNc1ccc2sccc2c1. The van der Waals surface area contributed by atoms with Crippen molar-refractivity contribution in [1.82, 2.24) is 0 Å². The van der Waals surface area contributed by atoms with Crippen LogP contribution in [0.15, 0.2) is 41.8 Å². The summed E-state index contributed by atoms with van der Waals surface area (Å²) in [5.41, 5.74) is 1.00. The van der Waals surface area contributed by atoms with Crippen LogP contribution in [0.5, 0.6) is 0 Å². The van der Waals surface area contributed by atoms with E-state index in [0.717, 1.165) is 11.8 Å². The highest BCUT2D eigenvalue weighted by molar-refractivity contribution is 7.17. The lowest BCUT2D eigenvalue weighted by molar-refractivity contribution is -0.131. The van der Waals surface area contributed by atoms with Gasteiger partial charge in [-0.2, -0.15) is 0 Å². The van der Waals surface area contributed by atoms with E-state index >= 15 is 0 Å². The quantitative estimate of drug-likeness (QED) is 0.798. The molecule has 2 aromatic rings. The number of benzene rings is 1. The minimum atomic E-state index is -0.921. The van der Waals surface area contributed by atoms with Gasteiger partial charge in [0.05, 0.1) is 0 Å². The molecule has 2 rings (SSSR count). The van der Waals surface area contributed by atoms with Crippen LogP contribution in [0.3, 0.4) is 0 Å². The van der Waals surface area contributed by atoms with Crippen molar-refractivity contribution < 1.29 is 9.90 Å². The summed E-state index contributed by atoms with van der Waals surface area (Å²) in [7, 11) is 0. The van der Waals surface area contributed by atoms with Gasteiger partial charge in [-0.15, -0.1) is 11.3 Å². The highest BCUT2D eigenvalue weighted by Crippen LogP contribution is 2.23. The minimum Gasteiger partial charge on any atom is -0.478 e. The Bertz CT molecular complexity index is 531. The van der Waals surface area contributed by atoms with Gasteiger partial charge in [0.1, 0.15) is 0 Å². The van der Waals surface area contributed by atoms with Gasteiger partial charge < -0.3 is 10.4 Å². The molecule has 3 nitrogen and oxygen atoms in total. The Morgan fingerprint density at radius 2 is 2.31 bits per heavy atom. The molecular formula is C12H11NO2S. The van der Waals surface area contributed by atoms with Crippen molar-refractivity contribution >= 4 is 33.1 Å². The number of hydrogen-bond donors (Lipinski definition) is 2. The number of fused-ring (bicyclic) bond motifs is 1. The number of carboxylic acids is 1. The first-order valence-electron chi connectivity index (χ1n) is 4.86. The van der Waals surface area contributed by atoms with Gasteiger partial charge in [0.2, 0.25) is 0 Å². The average Bonchev–Trinajstić information content (AvgIpc) is 2.71. The van der Waals surface area contributed by atoms with Crippen molar-refractivity contribution in [2.75, 3.05) is 11.9 Å². The second kappa shape index (κ2) is 4.81. The fourth-order valence-electron chi connectivity index (χ4n) is 1.41. The topological polar surface area (TPSA) is 49.3 Å². The van der Waals surface area contributed by atoms with E-state index < -0.39 is 5.97 Å². The number of rotatable bonds is 4. The second-order valence-corrected chi connectivity index (χ2v) is 4.24. The zero-order chi connectivity index (χ0) is 11.4. The highest BCUT2D eigenvalue weighted by Gasteiger charge is 1.96. The molecule has 4 heteroatoms. The van der Waals surface area contributed by atoms with E-state index in [2.05, 4.69) is 28.9 Å². The minimum absolute atomic E-state index is 0.516. The van der Waals surface area contributed by atoms with E-state index in [1.165, 1.54) is 10.1 Å². The largest absolute Gasteiger partial charge is 0.478 e. The van der Waals surface area contributed by atoms with Crippen LogP contribution in [0, 0.1) is 0 Å². The molecule has 1 aromatic carbocycles. The third-order valence-corrected chi connectivity index (χ3v) is 3.03. The van der Waals surface area contributed by atoms with Crippen molar-refractivity contribution in [2.24, 2.45) is 0 Å². The maximum Gasteiger partial charge on any atom is 0.328 e. The molecule has 0 amide bonds. The molecule has 0 aliphatic rings. The fraction of sp³-hybridized carbons (Fsp3) is 0.0833. The van der Waals surface area contributed by atoms with Crippen molar-refractivity contribution in [3.8, 4) is 0 Å². The molecular weight excluding hydrogens is 222 g/mol. The second-order valence-electron chi connectivity index (χ2n) is 3.29. The van der Waals surface area contributed by atoms with Gasteiger partial charge >= 0.3 is 5.97 Å². The van der Waals surface area contributed by atoms with Gasteiger partial charge in [-0.1, -0.05) is 6.08 Å². The Kier molecular flexibility index (Phi) is 3.22. The average molecular weight is 233 g/mol. The zero-order valence-corrected chi connectivity index (χ0v) is 9.33. The van der Waals surface area contributed by atoms with E-state index in [9.17, 15) is 4.79 Å². The Balaban J connectivity index is 2.01. The van der Waals surface area contributed by atoms with Gasteiger partial charge in [0.25, 0.3) is 0 Å². The molecule has 0 fully saturated rings. The molecule has 0 radical (unpaired) electrons. The Hall–Kier alpha value is -1.81. The van der Waals surface area contributed by atoms with Gasteiger partial charge in [0.15, 0.2) is 0 Å². The summed E-state index contributed by atoms with van der Waals surface area (Å²) in [4.78, 5) is 10.2. The Morgan fingerprint density at radius 1 is 1.44 bits per heavy atom. The maximum atomic E-state index is 10.2. The lowest BCUT2D eigenvalue weighted by atomic mass is 10.2. The fourth-order valence-corrected chi connectivity index (χ4v) is 2.18. The first kappa shape index (κ1) is 10.7. The first-order valence-corrected chi connectivity index (χ1v) is 5.74. The molecule has 0 saturated heterocycles. The van der Waals surface area contributed by atoms with Gasteiger partial charge in [0, 0.05) is 23.0 Å². The molecule has 82 valence electrons. The molecule has 2 N–H and O–H groups in total. The van der Waals surface area contributed by atoms with Crippen molar-refractivity contribution in [3.63, 3.8) is 0 Å². The van der Waals surface area contributed by atoms with Crippen molar-refractivity contribution in [3.05, 3.63) is 41.8 Å². The summed E-state index contributed by atoms with van der Waals surface area (Å²) < 4.78 is 1.26. The lowest BCUT2D eigenvalue weighted by Crippen LogP contribution is -1.98. The number of anilines is 1. The molecule has 0 aliphatic carbocycles. The number of hydrogen-bond acceptors (Lipinski definition) is 3. The first-order chi connectivity index (χ1) is 7.75. The molecule has 1 aromatic heterocycles. The molecule has 16 heavy (non-hydrogen) atoms. The summed E-state index contributed by atoms with van der Waals surface area (Å²) >= 11 is 1.71. The van der Waals surface area contributed by atoms with E-state index in [1.54, 1.807) is 17.4 Å². The van der Waals surface area contributed by atoms with E-state index in [4.69, 9.17) is 5.11 Å². The van der Waals surface area contributed by atoms with Crippen LogP contribution in [0.2, 0.25) is 0 Å². The summed E-state index contributed by atoms with van der Waals surface area (Å²) in [6.07, 6.45) is 2.72. The smallest absolute Gasteiger partial charge is 0.328 e. The number of aliphatic carboxylic acids is 1. The van der Waals surface area contributed by atoms with Crippen LogP contribution < -0.4 is 5.32 Å². The summed E-state index contributed by atoms with van der Waals surface area (Å²) in [6, 6.07) is 8.18. The normalized spacial score (nSPS) is 11.0. The molecule has 0 saturated carbocycles. The molecule has 0 bridgehead atoms. The zero-order valence-electron chi connectivity index (χ0n) is 8.51. The van der Waals surface area contributed by atoms with E-state index in [0.29, 0.717) is 6.54 Å².